The number of fused-ring (bicyclic) bond motifs is 1. The van der Waals surface area contributed by atoms with Crippen LogP contribution in [0.4, 0.5) is 11.4 Å². The number of para-hydroxylation sites is 1. The third-order valence-electron chi connectivity index (χ3n) is 5.88. The Morgan fingerprint density at radius 2 is 1.84 bits per heavy atom. The number of morpholine rings is 1. The molecule has 2 aromatic carbocycles. The van der Waals surface area contributed by atoms with Crippen molar-refractivity contribution < 1.29 is 14.3 Å². The van der Waals surface area contributed by atoms with Crippen LogP contribution in [-0.2, 0) is 20.7 Å². The average Bonchev–Trinajstić information content (AvgIpc) is 3.25. The quantitative estimate of drug-likeness (QED) is 0.570. The first-order valence-electron chi connectivity index (χ1n) is 11.2. The highest BCUT2D eigenvalue weighted by Gasteiger charge is 2.17. The highest BCUT2D eigenvalue weighted by molar-refractivity contribution is 5.94. The van der Waals surface area contributed by atoms with E-state index in [1.165, 1.54) is 0 Å². The number of amides is 2. The number of hydrogen-bond donors (Lipinski definition) is 2. The van der Waals surface area contributed by atoms with E-state index >= 15 is 0 Å². The fourth-order valence-electron chi connectivity index (χ4n) is 4.07. The van der Waals surface area contributed by atoms with Crippen LogP contribution in [0.25, 0.3) is 10.9 Å². The lowest BCUT2D eigenvalue weighted by atomic mass is 10.1. The largest absolute Gasteiger partial charge is 0.378 e. The van der Waals surface area contributed by atoms with Gasteiger partial charge in [-0.15, -0.1) is 0 Å². The van der Waals surface area contributed by atoms with E-state index in [1.807, 2.05) is 55.6 Å². The summed E-state index contributed by atoms with van der Waals surface area (Å²) in [5, 5.41) is 4.04. The molecular weight excluding hydrogens is 404 g/mol. The summed E-state index contributed by atoms with van der Waals surface area (Å²) in [4.78, 5) is 32.4. The Kier molecular flexibility index (Phi) is 7.07. The number of hydrogen-bond acceptors (Lipinski definition) is 4. The fraction of sp³-hybridized carbons (Fsp3) is 0.360. The second-order valence-electron chi connectivity index (χ2n) is 7.96. The van der Waals surface area contributed by atoms with Gasteiger partial charge in [0.2, 0.25) is 11.8 Å². The normalized spacial score (nSPS) is 13.8. The number of carbonyl (C=O) groups is 2. The SMILES string of the molecule is CCN(CC(=O)Nc1ccc(N2CCOCC2)cc1)C(=O)CCc1c[nH]c2ccccc12. The van der Waals surface area contributed by atoms with E-state index in [4.69, 9.17) is 4.74 Å². The Labute approximate surface area is 188 Å². The van der Waals surface area contributed by atoms with E-state index in [1.54, 1.807) is 4.90 Å². The van der Waals surface area contributed by atoms with Gasteiger partial charge in [-0.2, -0.15) is 0 Å². The molecule has 4 rings (SSSR count). The minimum absolute atomic E-state index is 0.0180. The van der Waals surface area contributed by atoms with E-state index in [0.29, 0.717) is 19.4 Å². The van der Waals surface area contributed by atoms with Gasteiger partial charge in [0.15, 0.2) is 0 Å². The topological polar surface area (TPSA) is 77.7 Å². The molecule has 32 heavy (non-hydrogen) atoms. The number of carbonyl (C=O) groups excluding carboxylic acids is 2. The highest BCUT2D eigenvalue weighted by Crippen LogP contribution is 2.20. The van der Waals surface area contributed by atoms with Crippen molar-refractivity contribution in [3.05, 3.63) is 60.3 Å². The maximum absolute atomic E-state index is 12.7. The fourth-order valence-corrected chi connectivity index (χ4v) is 4.07. The zero-order chi connectivity index (χ0) is 22.3. The molecular formula is C25H30N4O3. The molecule has 0 radical (unpaired) electrons. The molecule has 1 fully saturated rings. The summed E-state index contributed by atoms with van der Waals surface area (Å²) in [6.07, 6.45) is 2.97. The molecule has 0 aliphatic carbocycles. The molecule has 1 aliphatic heterocycles. The molecule has 0 spiro atoms. The minimum atomic E-state index is -0.189. The van der Waals surface area contributed by atoms with Gasteiger partial charge in [0.05, 0.1) is 19.8 Å². The second kappa shape index (κ2) is 10.3. The molecule has 2 N–H and O–H groups in total. The molecule has 1 aromatic heterocycles. The van der Waals surface area contributed by atoms with Gasteiger partial charge in [-0.25, -0.2) is 0 Å². The van der Waals surface area contributed by atoms with Crippen molar-refractivity contribution in [3.63, 3.8) is 0 Å². The first kappa shape index (κ1) is 21.9. The van der Waals surface area contributed by atoms with E-state index in [9.17, 15) is 9.59 Å². The summed E-state index contributed by atoms with van der Waals surface area (Å²) in [6.45, 7) is 5.66. The van der Waals surface area contributed by atoms with Crippen molar-refractivity contribution >= 4 is 34.1 Å². The lowest BCUT2D eigenvalue weighted by molar-refractivity contribution is -0.134. The van der Waals surface area contributed by atoms with Gasteiger partial charge < -0.3 is 24.8 Å². The van der Waals surface area contributed by atoms with Crippen LogP contribution >= 0.6 is 0 Å². The molecule has 0 unspecified atom stereocenters. The van der Waals surface area contributed by atoms with Gasteiger partial charge in [-0.1, -0.05) is 18.2 Å². The minimum Gasteiger partial charge on any atom is -0.378 e. The maximum Gasteiger partial charge on any atom is 0.243 e. The molecule has 0 atom stereocenters. The number of likely N-dealkylation sites (N-methyl/N-ethyl adjacent to an activating group) is 1. The number of rotatable bonds is 8. The van der Waals surface area contributed by atoms with Gasteiger partial charge in [0.25, 0.3) is 0 Å². The number of H-pyrrole nitrogens is 1. The molecule has 2 amide bonds. The summed E-state index contributed by atoms with van der Waals surface area (Å²) in [5.41, 5.74) is 4.04. The number of benzene rings is 2. The van der Waals surface area contributed by atoms with Gasteiger partial charge in [-0.05, 0) is 49.2 Å². The Bertz CT molecular complexity index is 1050. The molecule has 7 heteroatoms. The number of ether oxygens (including phenoxy) is 1. The van der Waals surface area contributed by atoms with Crippen LogP contribution in [0.15, 0.2) is 54.7 Å². The van der Waals surface area contributed by atoms with Crippen molar-refractivity contribution in [3.8, 4) is 0 Å². The van der Waals surface area contributed by atoms with Gasteiger partial charge in [-0.3, -0.25) is 9.59 Å². The van der Waals surface area contributed by atoms with Crippen molar-refractivity contribution in [1.82, 2.24) is 9.88 Å². The summed E-state index contributed by atoms with van der Waals surface area (Å²) >= 11 is 0. The summed E-state index contributed by atoms with van der Waals surface area (Å²) in [5.74, 6) is -0.206. The first-order valence-corrected chi connectivity index (χ1v) is 11.2. The molecule has 7 nitrogen and oxygen atoms in total. The number of nitrogens with zero attached hydrogens (tertiary/aromatic N) is 2. The molecule has 1 aliphatic rings. The summed E-state index contributed by atoms with van der Waals surface area (Å²) < 4.78 is 5.39. The standard InChI is InChI=1S/C25H30N4O3/c1-2-28(25(31)12-7-19-17-26-23-6-4-3-5-22(19)23)18-24(30)27-20-8-10-21(11-9-20)29-13-15-32-16-14-29/h3-6,8-11,17,26H,2,7,12-16,18H2,1H3,(H,27,30). The number of anilines is 2. The molecule has 1 saturated heterocycles. The Morgan fingerprint density at radius 3 is 2.59 bits per heavy atom. The van der Waals surface area contributed by atoms with Crippen molar-refractivity contribution in [2.75, 3.05) is 49.6 Å². The number of aromatic amines is 1. The molecule has 3 aromatic rings. The Hall–Kier alpha value is -3.32. The molecule has 2 heterocycles. The van der Waals surface area contributed by atoms with Crippen molar-refractivity contribution in [2.24, 2.45) is 0 Å². The zero-order valence-electron chi connectivity index (χ0n) is 18.5. The second-order valence-corrected chi connectivity index (χ2v) is 7.96. The van der Waals surface area contributed by atoms with Crippen LogP contribution in [0.1, 0.15) is 18.9 Å². The Balaban J connectivity index is 1.28. The van der Waals surface area contributed by atoms with E-state index in [2.05, 4.69) is 21.3 Å². The highest BCUT2D eigenvalue weighted by atomic mass is 16.5. The smallest absolute Gasteiger partial charge is 0.243 e. The molecule has 168 valence electrons. The van der Waals surface area contributed by atoms with Crippen LogP contribution in [0.2, 0.25) is 0 Å². The van der Waals surface area contributed by atoms with Gasteiger partial charge >= 0.3 is 0 Å². The van der Waals surface area contributed by atoms with Gasteiger partial charge in [0, 0.05) is 54.5 Å². The monoisotopic (exact) mass is 434 g/mol. The van der Waals surface area contributed by atoms with Crippen LogP contribution in [0, 0.1) is 0 Å². The third-order valence-corrected chi connectivity index (χ3v) is 5.88. The van der Waals surface area contributed by atoms with E-state index in [0.717, 1.165) is 54.1 Å². The first-order chi connectivity index (χ1) is 15.6. The van der Waals surface area contributed by atoms with Crippen molar-refractivity contribution in [2.45, 2.75) is 19.8 Å². The number of aryl methyl sites for hydroxylation is 1. The predicted octanol–water partition coefficient (Wildman–Crippen LogP) is 3.42. The molecule has 0 saturated carbocycles. The Morgan fingerprint density at radius 1 is 1.09 bits per heavy atom. The van der Waals surface area contributed by atoms with E-state index in [-0.39, 0.29) is 18.4 Å². The van der Waals surface area contributed by atoms with Crippen LogP contribution in [-0.4, -0.2) is 61.1 Å². The lowest BCUT2D eigenvalue weighted by Crippen LogP contribution is -2.38. The summed E-state index contributed by atoms with van der Waals surface area (Å²) in [7, 11) is 0. The van der Waals surface area contributed by atoms with Crippen LogP contribution in [0.3, 0.4) is 0 Å². The maximum atomic E-state index is 12.7. The van der Waals surface area contributed by atoms with Crippen LogP contribution < -0.4 is 10.2 Å². The van der Waals surface area contributed by atoms with Crippen molar-refractivity contribution in [1.29, 1.82) is 0 Å². The lowest BCUT2D eigenvalue weighted by Gasteiger charge is -2.29. The number of nitrogens with one attached hydrogen (secondary N) is 2. The van der Waals surface area contributed by atoms with E-state index < -0.39 is 0 Å². The number of aromatic nitrogens is 1. The zero-order valence-corrected chi connectivity index (χ0v) is 18.5. The summed E-state index contributed by atoms with van der Waals surface area (Å²) in [6, 6.07) is 15.9. The van der Waals surface area contributed by atoms with Gasteiger partial charge in [0.1, 0.15) is 0 Å². The van der Waals surface area contributed by atoms with Crippen LogP contribution in [0.5, 0.6) is 0 Å². The molecule has 0 bridgehead atoms. The average molecular weight is 435 g/mol. The predicted molar refractivity (Wildman–Crippen MR) is 127 cm³/mol. The third kappa shape index (κ3) is 5.29.